The molecule has 1 heterocycles. The van der Waals surface area contributed by atoms with E-state index < -0.39 is 0 Å². The summed E-state index contributed by atoms with van der Waals surface area (Å²) in [5.74, 6) is 0.344. The van der Waals surface area contributed by atoms with Gasteiger partial charge in [0.05, 0.1) is 6.04 Å². The molecular weight excluding hydrogens is 412 g/mol. The Morgan fingerprint density at radius 1 is 1.14 bits per heavy atom. The first-order valence-corrected chi connectivity index (χ1v) is 11.1. The van der Waals surface area contributed by atoms with Crippen LogP contribution in [0, 0.1) is 19.8 Å². The minimum Gasteiger partial charge on any atom is -0.349 e. The molecule has 2 aromatic carbocycles. The monoisotopic (exact) mass is 442 g/mol. The van der Waals surface area contributed by atoms with Crippen LogP contribution in [0.1, 0.15) is 54.5 Å². The number of carbonyl (C=O) groups is 1. The van der Waals surface area contributed by atoms with Crippen LogP contribution in [0.4, 0.5) is 0 Å². The van der Waals surface area contributed by atoms with Crippen LogP contribution in [0.25, 0.3) is 0 Å². The summed E-state index contributed by atoms with van der Waals surface area (Å²) in [6.45, 7) is 9.31. The average Bonchev–Trinajstić information content (AvgIpc) is 2.69. The van der Waals surface area contributed by atoms with Crippen LogP contribution in [0.15, 0.2) is 46.9 Å². The largest absolute Gasteiger partial charge is 0.349 e. The van der Waals surface area contributed by atoms with Crippen LogP contribution >= 0.6 is 15.9 Å². The van der Waals surface area contributed by atoms with Gasteiger partial charge in [-0.2, -0.15) is 0 Å². The van der Waals surface area contributed by atoms with E-state index >= 15 is 0 Å². The van der Waals surface area contributed by atoms with E-state index in [-0.39, 0.29) is 17.9 Å². The van der Waals surface area contributed by atoms with Gasteiger partial charge in [0.2, 0.25) is 5.91 Å². The van der Waals surface area contributed by atoms with Crippen LogP contribution in [0.3, 0.4) is 0 Å². The van der Waals surface area contributed by atoms with E-state index in [0.717, 1.165) is 43.4 Å². The molecule has 0 bridgehead atoms. The maximum atomic E-state index is 12.9. The van der Waals surface area contributed by atoms with Gasteiger partial charge in [-0.15, -0.1) is 0 Å². The molecule has 1 N–H and O–H groups in total. The fraction of sp³-hybridized carbons (Fsp3) is 0.458. The summed E-state index contributed by atoms with van der Waals surface area (Å²) in [6, 6.07) is 15.1. The first kappa shape index (κ1) is 21.1. The lowest BCUT2D eigenvalue weighted by atomic mass is 9.93. The molecule has 0 aliphatic carbocycles. The second-order valence-electron chi connectivity index (χ2n) is 8.01. The third kappa shape index (κ3) is 5.45. The average molecular weight is 443 g/mol. The number of likely N-dealkylation sites (tertiary alicyclic amines) is 1. The van der Waals surface area contributed by atoms with E-state index in [1.807, 2.05) is 0 Å². The molecule has 3 nitrogen and oxygen atoms in total. The predicted octanol–water partition coefficient (Wildman–Crippen LogP) is 5.55. The second-order valence-corrected chi connectivity index (χ2v) is 8.92. The lowest BCUT2D eigenvalue weighted by Crippen LogP contribution is -2.41. The summed E-state index contributed by atoms with van der Waals surface area (Å²) in [5.41, 5.74) is 5.10. The molecule has 28 heavy (non-hydrogen) atoms. The van der Waals surface area contributed by atoms with Gasteiger partial charge in [-0.1, -0.05) is 58.7 Å². The zero-order valence-corrected chi connectivity index (χ0v) is 18.8. The molecule has 0 spiro atoms. The van der Waals surface area contributed by atoms with Crippen molar-refractivity contribution in [3.8, 4) is 0 Å². The highest BCUT2D eigenvalue weighted by Crippen LogP contribution is 2.25. The zero-order chi connectivity index (χ0) is 20.1. The summed E-state index contributed by atoms with van der Waals surface area (Å²) < 4.78 is 1.11. The molecule has 1 saturated heterocycles. The molecular formula is C24H31BrN2O. The number of piperidine rings is 1. The van der Waals surface area contributed by atoms with Gasteiger partial charge in [0.15, 0.2) is 0 Å². The summed E-state index contributed by atoms with van der Waals surface area (Å²) in [7, 11) is 0. The van der Waals surface area contributed by atoms with Crippen molar-refractivity contribution in [2.75, 3.05) is 13.1 Å². The van der Waals surface area contributed by atoms with E-state index in [0.29, 0.717) is 0 Å². The van der Waals surface area contributed by atoms with Crippen molar-refractivity contribution < 1.29 is 4.79 Å². The number of hydrogen-bond donors (Lipinski definition) is 1. The van der Waals surface area contributed by atoms with Crippen molar-refractivity contribution in [1.82, 2.24) is 10.2 Å². The molecule has 1 atom stereocenters. The van der Waals surface area contributed by atoms with E-state index in [9.17, 15) is 4.79 Å². The van der Waals surface area contributed by atoms with E-state index in [1.54, 1.807) is 0 Å². The minimum atomic E-state index is 0.105. The molecule has 1 aliphatic heterocycles. The van der Waals surface area contributed by atoms with Crippen LogP contribution in [-0.4, -0.2) is 23.9 Å². The molecule has 0 aromatic heterocycles. The van der Waals surface area contributed by atoms with E-state index in [4.69, 9.17) is 0 Å². The standard InChI is InChI=1S/C24H31BrN2O/c1-4-23(22-10-5-17(2)15-18(22)3)26-24(28)20-11-13-27(14-12-20)16-19-6-8-21(25)9-7-19/h5-10,15,20,23H,4,11-14,16H2,1-3H3,(H,26,28)/t23-/m1/s1. The molecule has 0 radical (unpaired) electrons. The normalized spacial score (nSPS) is 16.7. The fourth-order valence-electron chi connectivity index (χ4n) is 4.11. The van der Waals surface area contributed by atoms with Crippen molar-refractivity contribution in [1.29, 1.82) is 0 Å². The number of hydrogen-bond acceptors (Lipinski definition) is 2. The number of halogens is 1. The third-order valence-corrected chi connectivity index (χ3v) is 6.33. The summed E-state index contributed by atoms with van der Waals surface area (Å²) in [6.07, 6.45) is 2.79. The zero-order valence-electron chi connectivity index (χ0n) is 17.2. The Morgan fingerprint density at radius 3 is 2.43 bits per heavy atom. The molecule has 0 saturated carbocycles. The molecule has 0 unspecified atom stereocenters. The van der Waals surface area contributed by atoms with Gasteiger partial charge in [0, 0.05) is 16.9 Å². The Balaban J connectivity index is 1.53. The maximum absolute atomic E-state index is 12.9. The van der Waals surface area contributed by atoms with Crippen molar-refractivity contribution >= 4 is 21.8 Å². The number of aryl methyl sites for hydroxylation is 2. The van der Waals surface area contributed by atoms with Gasteiger partial charge < -0.3 is 5.32 Å². The van der Waals surface area contributed by atoms with Gasteiger partial charge in [-0.3, -0.25) is 9.69 Å². The molecule has 4 heteroatoms. The Morgan fingerprint density at radius 2 is 1.82 bits per heavy atom. The number of carbonyl (C=O) groups excluding carboxylic acids is 1. The van der Waals surface area contributed by atoms with Gasteiger partial charge >= 0.3 is 0 Å². The quantitative estimate of drug-likeness (QED) is 0.635. The first-order chi connectivity index (χ1) is 13.5. The minimum absolute atomic E-state index is 0.105. The van der Waals surface area contributed by atoms with Crippen LogP contribution < -0.4 is 5.32 Å². The number of nitrogens with one attached hydrogen (secondary N) is 1. The fourth-order valence-corrected chi connectivity index (χ4v) is 4.37. The number of nitrogens with zero attached hydrogens (tertiary/aromatic N) is 1. The van der Waals surface area contributed by atoms with Crippen molar-refractivity contribution in [2.45, 2.75) is 52.6 Å². The second kappa shape index (κ2) is 9.71. The van der Waals surface area contributed by atoms with Gasteiger partial charge in [0.1, 0.15) is 0 Å². The SMILES string of the molecule is CC[C@@H](NC(=O)C1CCN(Cc2ccc(Br)cc2)CC1)c1ccc(C)cc1C. The Hall–Kier alpha value is -1.65. The predicted molar refractivity (Wildman–Crippen MR) is 119 cm³/mol. The van der Waals surface area contributed by atoms with Crippen LogP contribution in [0.5, 0.6) is 0 Å². The Kier molecular flexibility index (Phi) is 7.30. The van der Waals surface area contributed by atoms with E-state index in [2.05, 4.69) is 89.4 Å². The topological polar surface area (TPSA) is 32.3 Å². The summed E-state index contributed by atoms with van der Waals surface area (Å²) in [5, 5.41) is 3.32. The maximum Gasteiger partial charge on any atom is 0.223 e. The molecule has 3 rings (SSSR count). The lowest BCUT2D eigenvalue weighted by molar-refractivity contribution is -0.127. The highest BCUT2D eigenvalue weighted by atomic mass is 79.9. The van der Waals surface area contributed by atoms with Crippen molar-refractivity contribution in [3.05, 3.63) is 69.2 Å². The Bertz CT molecular complexity index is 795. The lowest BCUT2D eigenvalue weighted by Gasteiger charge is -2.32. The molecule has 150 valence electrons. The van der Waals surface area contributed by atoms with Crippen LogP contribution in [-0.2, 0) is 11.3 Å². The van der Waals surface area contributed by atoms with Crippen molar-refractivity contribution in [3.63, 3.8) is 0 Å². The smallest absolute Gasteiger partial charge is 0.223 e. The van der Waals surface area contributed by atoms with Crippen molar-refractivity contribution in [2.24, 2.45) is 5.92 Å². The van der Waals surface area contributed by atoms with Gasteiger partial charge in [0.25, 0.3) is 0 Å². The Labute approximate surface area is 177 Å². The highest BCUT2D eigenvalue weighted by Gasteiger charge is 2.26. The van der Waals surface area contributed by atoms with E-state index in [1.165, 1.54) is 22.3 Å². The number of rotatable bonds is 6. The van der Waals surface area contributed by atoms with Gasteiger partial charge in [-0.25, -0.2) is 0 Å². The molecule has 1 fully saturated rings. The summed E-state index contributed by atoms with van der Waals surface area (Å²) in [4.78, 5) is 15.3. The number of benzene rings is 2. The summed E-state index contributed by atoms with van der Waals surface area (Å²) >= 11 is 3.49. The first-order valence-electron chi connectivity index (χ1n) is 10.3. The molecule has 2 aromatic rings. The molecule has 1 amide bonds. The van der Waals surface area contributed by atoms with Crippen LogP contribution in [0.2, 0.25) is 0 Å². The third-order valence-electron chi connectivity index (χ3n) is 5.80. The van der Waals surface area contributed by atoms with Gasteiger partial charge in [-0.05, 0) is 75.0 Å². The molecule has 1 aliphatic rings. The highest BCUT2D eigenvalue weighted by molar-refractivity contribution is 9.10. The number of amides is 1.